The van der Waals surface area contributed by atoms with Crippen molar-refractivity contribution in [2.75, 3.05) is 31.0 Å². The van der Waals surface area contributed by atoms with E-state index < -0.39 is 11.9 Å². The smallest absolute Gasteiger partial charge is 0.330 e. The van der Waals surface area contributed by atoms with Gasteiger partial charge in [-0.3, -0.25) is 9.59 Å². The van der Waals surface area contributed by atoms with Crippen LogP contribution in [-0.2, 0) is 25.7 Å². The molecule has 0 radical (unpaired) electrons. The number of aliphatic carboxylic acids is 1. The Morgan fingerprint density at radius 3 is 2.02 bits per heavy atom. The number of carbonyl (C=O) groups excluding carboxylic acids is 2. The number of nitrogens with zero attached hydrogens (tertiary/aromatic N) is 2. The van der Waals surface area contributed by atoms with Crippen molar-refractivity contribution in [3.05, 3.63) is 90.0 Å². The Kier molecular flexibility index (Phi) is 9.38. The second-order valence-electron chi connectivity index (χ2n) is 10.4. The third-order valence-electron chi connectivity index (χ3n) is 7.50. The molecule has 0 bridgehead atoms. The van der Waals surface area contributed by atoms with E-state index in [2.05, 4.69) is 41.3 Å². The average Bonchev–Trinajstić information content (AvgIpc) is 2.98. The zero-order chi connectivity index (χ0) is 28.6. The number of hydrogen-bond donors (Lipinski definition) is 1. The predicted octanol–water partition coefficient (Wildman–Crippen LogP) is 6.03. The highest BCUT2D eigenvalue weighted by molar-refractivity contribution is 5.95. The van der Waals surface area contributed by atoms with Crippen molar-refractivity contribution in [1.82, 2.24) is 0 Å². The third kappa shape index (κ3) is 7.17. The molecule has 0 heterocycles. The molecule has 7 nitrogen and oxygen atoms in total. The molecule has 4 rings (SSSR count). The Morgan fingerprint density at radius 2 is 1.45 bits per heavy atom. The number of carboxylic acid groups (broad SMARTS) is 1. The van der Waals surface area contributed by atoms with Crippen molar-refractivity contribution in [3.63, 3.8) is 0 Å². The van der Waals surface area contributed by atoms with Gasteiger partial charge in [0, 0.05) is 37.5 Å². The average molecular weight is 541 g/mol. The van der Waals surface area contributed by atoms with Gasteiger partial charge < -0.3 is 19.6 Å². The SMILES string of the molecule is COC(=O)C=Cc1cccc(N(Cc2ccc(-c3ccc(N(C)C)cc3)cc2)C(=O)C2CCC(C(=O)O)CC2)c1. The molecular formula is C33H36N2O5. The minimum absolute atomic E-state index is 0.0127. The van der Waals surface area contributed by atoms with E-state index in [4.69, 9.17) is 4.74 Å². The quantitative estimate of drug-likeness (QED) is 0.263. The Hall–Kier alpha value is -4.39. The van der Waals surface area contributed by atoms with Crippen LogP contribution in [0.3, 0.4) is 0 Å². The molecular weight excluding hydrogens is 504 g/mol. The molecule has 7 heteroatoms. The Bertz CT molecular complexity index is 1350. The molecule has 1 N–H and O–H groups in total. The number of methoxy groups -OCH3 is 1. The summed E-state index contributed by atoms with van der Waals surface area (Å²) in [5.41, 5.74) is 5.82. The molecule has 208 valence electrons. The fraction of sp³-hybridized carbons (Fsp3) is 0.303. The van der Waals surface area contributed by atoms with E-state index in [1.165, 1.54) is 13.2 Å². The lowest BCUT2D eigenvalue weighted by atomic mass is 9.81. The largest absolute Gasteiger partial charge is 0.481 e. The molecule has 1 aliphatic carbocycles. The zero-order valence-corrected chi connectivity index (χ0v) is 23.2. The van der Waals surface area contributed by atoms with Gasteiger partial charge in [-0.25, -0.2) is 4.79 Å². The summed E-state index contributed by atoms with van der Waals surface area (Å²) in [5, 5.41) is 9.39. The molecule has 0 atom stereocenters. The molecule has 3 aromatic rings. The van der Waals surface area contributed by atoms with Crippen molar-refractivity contribution < 1.29 is 24.2 Å². The van der Waals surface area contributed by atoms with Crippen molar-refractivity contribution in [3.8, 4) is 11.1 Å². The van der Waals surface area contributed by atoms with E-state index in [-0.39, 0.29) is 17.7 Å². The summed E-state index contributed by atoms with van der Waals surface area (Å²) in [6.07, 6.45) is 5.12. The van der Waals surface area contributed by atoms with E-state index in [1.54, 1.807) is 11.0 Å². The molecule has 0 aromatic heterocycles. The van der Waals surface area contributed by atoms with Crippen molar-refractivity contribution in [1.29, 1.82) is 0 Å². The van der Waals surface area contributed by atoms with E-state index in [1.807, 2.05) is 50.5 Å². The number of esters is 1. The Labute approximate surface area is 235 Å². The van der Waals surface area contributed by atoms with Gasteiger partial charge in [-0.2, -0.15) is 0 Å². The number of anilines is 2. The van der Waals surface area contributed by atoms with Crippen LogP contribution in [0.25, 0.3) is 17.2 Å². The van der Waals surface area contributed by atoms with Crippen molar-refractivity contribution >= 4 is 35.3 Å². The summed E-state index contributed by atoms with van der Waals surface area (Å²) in [7, 11) is 5.35. The van der Waals surface area contributed by atoms with Crippen LogP contribution in [0, 0.1) is 11.8 Å². The molecule has 1 fully saturated rings. The molecule has 0 saturated heterocycles. The van der Waals surface area contributed by atoms with Gasteiger partial charge in [0.05, 0.1) is 19.6 Å². The maximum atomic E-state index is 13.9. The second kappa shape index (κ2) is 13.1. The highest BCUT2D eigenvalue weighted by Gasteiger charge is 2.32. The summed E-state index contributed by atoms with van der Waals surface area (Å²) < 4.78 is 4.70. The predicted molar refractivity (Wildman–Crippen MR) is 158 cm³/mol. The highest BCUT2D eigenvalue weighted by Crippen LogP contribution is 2.33. The maximum Gasteiger partial charge on any atom is 0.330 e. The lowest BCUT2D eigenvalue weighted by Crippen LogP contribution is -2.38. The topological polar surface area (TPSA) is 87.2 Å². The lowest BCUT2D eigenvalue weighted by molar-refractivity contribution is -0.144. The first kappa shape index (κ1) is 28.6. The molecule has 0 aliphatic heterocycles. The monoisotopic (exact) mass is 540 g/mol. The standard InChI is InChI=1S/C33H36N2O5/c1-34(2)29-18-16-26(17-19-29)25-10-7-24(8-11-25)22-35(32(37)27-12-14-28(15-13-27)33(38)39)30-6-4-5-23(21-30)9-20-31(36)40-3/h4-11,16-21,27-28H,12-15,22H2,1-3H3,(H,38,39). The number of benzene rings is 3. The summed E-state index contributed by atoms with van der Waals surface area (Å²) in [5.74, 6) is -1.88. The summed E-state index contributed by atoms with van der Waals surface area (Å²) in [6.45, 7) is 0.377. The van der Waals surface area contributed by atoms with Gasteiger partial charge >= 0.3 is 11.9 Å². The Balaban J connectivity index is 1.58. The van der Waals surface area contributed by atoms with Gasteiger partial charge in [0.15, 0.2) is 0 Å². The molecule has 3 aromatic carbocycles. The second-order valence-corrected chi connectivity index (χ2v) is 10.4. The van der Waals surface area contributed by atoms with Crippen LogP contribution in [0.5, 0.6) is 0 Å². The van der Waals surface area contributed by atoms with Crippen LogP contribution >= 0.6 is 0 Å². The zero-order valence-electron chi connectivity index (χ0n) is 23.2. The summed E-state index contributed by atoms with van der Waals surface area (Å²) in [6, 6.07) is 24.1. The van der Waals surface area contributed by atoms with Gasteiger partial charge in [0.25, 0.3) is 0 Å². The molecule has 40 heavy (non-hydrogen) atoms. The minimum Gasteiger partial charge on any atom is -0.481 e. The number of amides is 1. The van der Waals surface area contributed by atoms with E-state index >= 15 is 0 Å². The Morgan fingerprint density at radius 1 is 0.850 bits per heavy atom. The highest BCUT2D eigenvalue weighted by atomic mass is 16.5. The number of rotatable bonds is 9. The van der Waals surface area contributed by atoms with Crippen LogP contribution in [0.4, 0.5) is 11.4 Å². The van der Waals surface area contributed by atoms with Crippen LogP contribution in [0.15, 0.2) is 78.9 Å². The summed E-state index contributed by atoms with van der Waals surface area (Å²) in [4.78, 5) is 40.7. The first-order valence-electron chi connectivity index (χ1n) is 13.5. The van der Waals surface area contributed by atoms with E-state index in [9.17, 15) is 19.5 Å². The van der Waals surface area contributed by atoms with Gasteiger partial charge in [-0.1, -0.05) is 48.5 Å². The summed E-state index contributed by atoms with van der Waals surface area (Å²) >= 11 is 0. The maximum absolute atomic E-state index is 13.9. The van der Waals surface area contributed by atoms with Crippen molar-refractivity contribution in [2.24, 2.45) is 11.8 Å². The first-order valence-corrected chi connectivity index (χ1v) is 13.5. The van der Waals surface area contributed by atoms with E-state index in [0.717, 1.165) is 33.6 Å². The number of carboxylic acids is 1. The number of ether oxygens (including phenoxy) is 1. The van der Waals surface area contributed by atoms with Gasteiger partial charge in [-0.15, -0.1) is 0 Å². The van der Waals surface area contributed by atoms with Crippen LogP contribution in [0.1, 0.15) is 36.8 Å². The van der Waals surface area contributed by atoms with Gasteiger partial charge in [0.2, 0.25) is 5.91 Å². The molecule has 1 aliphatic rings. The number of hydrogen-bond acceptors (Lipinski definition) is 5. The van der Waals surface area contributed by atoms with Crippen molar-refractivity contribution in [2.45, 2.75) is 32.2 Å². The molecule has 1 saturated carbocycles. The molecule has 1 amide bonds. The van der Waals surface area contributed by atoms with Gasteiger partial charge in [0.1, 0.15) is 0 Å². The molecule has 0 spiro atoms. The van der Waals surface area contributed by atoms with Crippen LogP contribution < -0.4 is 9.80 Å². The normalized spacial score (nSPS) is 16.9. The number of carbonyl (C=O) groups is 3. The fourth-order valence-electron chi connectivity index (χ4n) is 5.07. The third-order valence-corrected chi connectivity index (χ3v) is 7.50. The van der Waals surface area contributed by atoms with Crippen LogP contribution in [0.2, 0.25) is 0 Å². The van der Waals surface area contributed by atoms with Crippen LogP contribution in [-0.4, -0.2) is 44.2 Å². The van der Waals surface area contributed by atoms with Gasteiger partial charge in [-0.05, 0) is 78.3 Å². The lowest BCUT2D eigenvalue weighted by Gasteiger charge is -2.31. The fourth-order valence-corrected chi connectivity index (χ4v) is 5.07. The van der Waals surface area contributed by atoms with E-state index in [0.29, 0.717) is 32.2 Å². The minimum atomic E-state index is -0.788. The molecule has 0 unspecified atom stereocenters. The first-order chi connectivity index (χ1) is 19.2.